The molecule has 0 radical (unpaired) electrons. The van der Waals surface area contributed by atoms with Gasteiger partial charge in [-0.15, -0.1) is 11.3 Å². The summed E-state index contributed by atoms with van der Waals surface area (Å²) in [4.78, 5) is 1.18. The zero-order chi connectivity index (χ0) is 18.5. The molecule has 2 aliphatic heterocycles. The Morgan fingerprint density at radius 1 is 0.893 bits per heavy atom. The second kappa shape index (κ2) is 6.21. The molecule has 0 spiro atoms. The number of benzene rings is 3. The van der Waals surface area contributed by atoms with E-state index in [1.807, 2.05) is 6.07 Å². The van der Waals surface area contributed by atoms with Crippen molar-refractivity contribution >= 4 is 27.8 Å². The van der Waals surface area contributed by atoms with Gasteiger partial charge in [0.15, 0.2) is 0 Å². The third-order valence-corrected chi connectivity index (χ3v) is 6.47. The maximum absolute atomic E-state index is 6.37. The highest BCUT2D eigenvalue weighted by atomic mass is 32.1. The van der Waals surface area contributed by atoms with E-state index in [-0.39, 0.29) is 12.3 Å². The Kier molecular flexibility index (Phi) is 3.53. The highest BCUT2D eigenvalue weighted by Crippen LogP contribution is 2.48. The molecular formula is C24H18N2OS. The van der Waals surface area contributed by atoms with Crippen LogP contribution >= 0.6 is 11.3 Å². The summed E-state index contributed by atoms with van der Waals surface area (Å²) in [6, 6.07) is 27.9. The highest BCUT2D eigenvalue weighted by molar-refractivity contribution is 7.10. The van der Waals surface area contributed by atoms with Crippen molar-refractivity contribution in [2.75, 3.05) is 0 Å². The lowest BCUT2D eigenvalue weighted by Crippen LogP contribution is -2.33. The SMILES string of the molecule is c1csc([C@H]2Oc3ccccc3[C@@H]3CC(c4ccc5ccccc5c4)=NN23)c1. The molecule has 3 aromatic carbocycles. The van der Waals surface area contributed by atoms with Crippen molar-refractivity contribution in [1.82, 2.24) is 5.01 Å². The standard InChI is InChI=1S/C24H18N2OS/c1-2-7-17-14-18(12-11-16(17)6-1)20-15-21-19-8-3-4-9-22(19)27-24(26(21)25-20)23-10-5-13-28-23/h1-14,21,24H,15H2/t21-,24+/m0/s1. The van der Waals surface area contributed by atoms with E-state index in [4.69, 9.17) is 9.84 Å². The van der Waals surface area contributed by atoms with E-state index in [1.54, 1.807) is 11.3 Å². The van der Waals surface area contributed by atoms with Gasteiger partial charge < -0.3 is 4.74 Å². The van der Waals surface area contributed by atoms with Crippen LogP contribution in [0.5, 0.6) is 5.75 Å². The molecule has 6 rings (SSSR count). The van der Waals surface area contributed by atoms with Crippen molar-refractivity contribution in [3.63, 3.8) is 0 Å². The van der Waals surface area contributed by atoms with E-state index in [9.17, 15) is 0 Å². The minimum atomic E-state index is -0.169. The average molecular weight is 382 g/mol. The van der Waals surface area contributed by atoms with E-state index in [2.05, 4.69) is 83.2 Å². The number of ether oxygens (including phenoxy) is 1. The number of nitrogens with zero attached hydrogens (tertiary/aromatic N) is 2. The number of thiophene rings is 1. The second-order valence-electron chi connectivity index (χ2n) is 7.23. The lowest BCUT2D eigenvalue weighted by Gasteiger charge is -2.37. The van der Waals surface area contributed by atoms with Crippen LogP contribution in [-0.4, -0.2) is 10.7 Å². The van der Waals surface area contributed by atoms with Gasteiger partial charge in [0.25, 0.3) is 0 Å². The van der Waals surface area contributed by atoms with Crippen molar-refractivity contribution < 1.29 is 4.74 Å². The van der Waals surface area contributed by atoms with Gasteiger partial charge >= 0.3 is 0 Å². The van der Waals surface area contributed by atoms with Gasteiger partial charge in [0, 0.05) is 12.0 Å². The van der Waals surface area contributed by atoms with E-state index in [0.717, 1.165) is 17.9 Å². The van der Waals surface area contributed by atoms with Gasteiger partial charge in [-0.1, -0.05) is 60.7 Å². The zero-order valence-electron chi connectivity index (χ0n) is 15.2. The normalized spacial score (nSPS) is 20.4. The summed E-state index contributed by atoms with van der Waals surface area (Å²) in [6.07, 6.45) is 0.721. The monoisotopic (exact) mass is 382 g/mol. The molecule has 4 heteroatoms. The first-order chi connectivity index (χ1) is 13.9. The van der Waals surface area contributed by atoms with Crippen LogP contribution in [0.3, 0.4) is 0 Å². The molecule has 28 heavy (non-hydrogen) atoms. The Hall–Kier alpha value is -3.11. The Morgan fingerprint density at radius 2 is 1.75 bits per heavy atom. The Bertz CT molecular complexity index is 1200. The third-order valence-electron chi connectivity index (χ3n) is 5.57. The van der Waals surface area contributed by atoms with E-state index >= 15 is 0 Å². The molecule has 0 unspecified atom stereocenters. The number of rotatable bonds is 2. The summed E-state index contributed by atoms with van der Waals surface area (Å²) in [5, 5.41) is 11.8. The topological polar surface area (TPSA) is 24.8 Å². The molecule has 136 valence electrons. The number of hydrazone groups is 1. The molecule has 0 fully saturated rings. The van der Waals surface area contributed by atoms with E-state index in [0.29, 0.717) is 0 Å². The number of fused-ring (bicyclic) bond motifs is 4. The van der Waals surface area contributed by atoms with Crippen molar-refractivity contribution in [3.05, 3.63) is 100 Å². The fraction of sp³-hybridized carbons (Fsp3) is 0.125. The molecule has 0 N–H and O–H groups in total. The summed E-state index contributed by atoms with van der Waals surface area (Å²) in [6.45, 7) is 0. The molecule has 2 aliphatic rings. The second-order valence-corrected chi connectivity index (χ2v) is 8.21. The maximum atomic E-state index is 6.37. The smallest absolute Gasteiger partial charge is 0.222 e. The lowest BCUT2D eigenvalue weighted by atomic mass is 9.95. The summed E-state index contributed by atoms with van der Waals surface area (Å²) >= 11 is 1.72. The molecule has 0 aliphatic carbocycles. The van der Waals surface area contributed by atoms with Crippen molar-refractivity contribution in [3.8, 4) is 5.75 Å². The quantitative estimate of drug-likeness (QED) is 0.416. The van der Waals surface area contributed by atoms with Gasteiger partial charge in [-0.3, -0.25) is 0 Å². The predicted molar refractivity (Wildman–Crippen MR) is 114 cm³/mol. The van der Waals surface area contributed by atoms with Crippen LogP contribution in [0.15, 0.2) is 89.3 Å². The Labute approximate surface area is 167 Å². The van der Waals surface area contributed by atoms with Crippen LogP contribution in [0.1, 0.15) is 34.7 Å². The number of hydrogen-bond donors (Lipinski definition) is 0. The molecule has 0 saturated carbocycles. The predicted octanol–water partition coefficient (Wildman–Crippen LogP) is 6.14. The summed E-state index contributed by atoms with van der Waals surface area (Å²) < 4.78 is 6.37. The van der Waals surface area contributed by atoms with E-state index < -0.39 is 0 Å². The van der Waals surface area contributed by atoms with Crippen molar-refractivity contribution in [1.29, 1.82) is 0 Å². The molecule has 4 aromatic rings. The minimum Gasteiger partial charge on any atom is -0.464 e. The highest BCUT2D eigenvalue weighted by Gasteiger charge is 2.41. The molecule has 0 amide bonds. The van der Waals surface area contributed by atoms with Crippen LogP contribution in [0, 0.1) is 0 Å². The maximum Gasteiger partial charge on any atom is 0.222 e. The Balaban J connectivity index is 1.45. The lowest BCUT2D eigenvalue weighted by molar-refractivity contribution is -0.0165. The van der Waals surface area contributed by atoms with Crippen molar-refractivity contribution in [2.24, 2.45) is 5.10 Å². The first-order valence-electron chi connectivity index (χ1n) is 9.51. The van der Waals surface area contributed by atoms with Gasteiger partial charge in [0.05, 0.1) is 16.6 Å². The van der Waals surface area contributed by atoms with Crippen LogP contribution in [0.2, 0.25) is 0 Å². The van der Waals surface area contributed by atoms with Gasteiger partial charge in [-0.05, 0) is 39.9 Å². The molecule has 0 saturated heterocycles. The molecule has 2 atom stereocenters. The minimum absolute atomic E-state index is 0.169. The number of hydrogen-bond acceptors (Lipinski definition) is 4. The molecule has 3 heterocycles. The zero-order valence-corrected chi connectivity index (χ0v) is 16.0. The summed E-state index contributed by atoms with van der Waals surface area (Å²) in [5.74, 6) is 0.970. The molecular weight excluding hydrogens is 364 g/mol. The molecule has 1 aromatic heterocycles. The third kappa shape index (κ3) is 2.45. The fourth-order valence-corrected chi connectivity index (χ4v) is 4.94. The van der Waals surface area contributed by atoms with Gasteiger partial charge in [0.2, 0.25) is 6.23 Å². The first kappa shape index (κ1) is 15.9. The van der Waals surface area contributed by atoms with Crippen LogP contribution in [0.4, 0.5) is 0 Å². The largest absolute Gasteiger partial charge is 0.464 e. The summed E-state index contributed by atoms with van der Waals surface area (Å²) in [5.41, 5.74) is 3.53. The summed E-state index contributed by atoms with van der Waals surface area (Å²) in [7, 11) is 0. The Morgan fingerprint density at radius 3 is 2.64 bits per heavy atom. The van der Waals surface area contributed by atoms with Crippen molar-refractivity contribution in [2.45, 2.75) is 18.7 Å². The molecule has 3 nitrogen and oxygen atoms in total. The van der Waals surface area contributed by atoms with Gasteiger partial charge in [-0.25, -0.2) is 5.01 Å². The first-order valence-corrected chi connectivity index (χ1v) is 10.4. The number of para-hydroxylation sites is 1. The van der Waals surface area contributed by atoms with Gasteiger partial charge in [0.1, 0.15) is 5.75 Å². The van der Waals surface area contributed by atoms with Crippen LogP contribution in [0.25, 0.3) is 10.8 Å². The van der Waals surface area contributed by atoms with Crippen LogP contribution < -0.4 is 4.74 Å². The van der Waals surface area contributed by atoms with Gasteiger partial charge in [-0.2, -0.15) is 5.10 Å². The van der Waals surface area contributed by atoms with Crippen LogP contribution in [-0.2, 0) is 0 Å². The molecule has 0 bridgehead atoms. The fourth-order valence-electron chi connectivity index (χ4n) is 4.20. The average Bonchev–Trinajstić information content (AvgIpc) is 3.43. The van der Waals surface area contributed by atoms with E-state index in [1.165, 1.54) is 26.8 Å².